The van der Waals surface area contributed by atoms with Gasteiger partial charge in [0.1, 0.15) is 5.82 Å². The Morgan fingerprint density at radius 3 is 2.41 bits per heavy atom. The van der Waals surface area contributed by atoms with Crippen molar-refractivity contribution in [3.63, 3.8) is 0 Å². The number of aliphatic carboxylic acids is 1. The standard InChI is InChI=1S/C10H13FN4O2/c11-7-3-1-6(2-4-7)8(5-9(16)17)10-12-14-15-13-10/h1-4,8,10,12-15H,5H2,(H,16,17). The van der Waals surface area contributed by atoms with Crippen LogP contribution in [0.1, 0.15) is 17.9 Å². The molecule has 1 fully saturated rings. The summed E-state index contributed by atoms with van der Waals surface area (Å²) in [6, 6.07) is 5.81. The van der Waals surface area contributed by atoms with Crippen LogP contribution in [-0.2, 0) is 4.79 Å². The first-order valence-corrected chi connectivity index (χ1v) is 5.15. The van der Waals surface area contributed by atoms with Crippen LogP contribution in [0, 0.1) is 5.82 Å². The highest BCUT2D eigenvalue weighted by atomic mass is 19.1. The molecule has 0 aliphatic carbocycles. The average molecular weight is 240 g/mol. The second-order valence-corrected chi connectivity index (χ2v) is 3.77. The molecule has 92 valence electrons. The molecule has 2 rings (SSSR count). The van der Waals surface area contributed by atoms with Crippen LogP contribution < -0.4 is 21.9 Å². The molecule has 5 N–H and O–H groups in total. The molecule has 1 aromatic rings. The van der Waals surface area contributed by atoms with Crippen LogP contribution in [0.2, 0.25) is 0 Å². The third kappa shape index (κ3) is 2.98. The first-order chi connectivity index (χ1) is 8.16. The number of hydrogen-bond donors (Lipinski definition) is 5. The smallest absolute Gasteiger partial charge is 0.304 e. The molecule has 0 saturated carbocycles. The molecule has 0 bridgehead atoms. The van der Waals surface area contributed by atoms with E-state index in [-0.39, 0.29) is 24.3 Å². The zero-order valence-corrected chi connectivity index (χ0v) is 8.90. The van der Waals surface area contributed by atoms with Crippen molar-refractivity contribution in [2.24, 2.45) is 0 Å². The maximum Gasteiger partial charge on any atom is 0.304 e. The number of halogens is 1. The largest absolute Gasteiger partial charge is 0.481 e. The fraction of sp³-hybridized carbons (Fsp3) is 0.300. The molecule has 7 heteroatoms. The summed E-state index contributed by atoms with van der Waals surface area (Å²) < 4.78 is 12.8. The zero-order valence-electron chi connectivity index (χ0n) is 8.90. The number of rotatable bonds is 4. The van der Waals surface area contributed by atoms with Crippen LogP contribution in [0.25, 0.3) is 0 Å². The van der Waals surface area contributed by atoms with Crippen molar-refractivity contribution in [3.8, 4) is 0 Å². The maximum atomic E-state index is 12.8. The van der Waals surface area contributed by atoms with Gasteiger partial charge in [0.25, 0.3) is 0 Å². The number of benzene rings is 1. The third-order valence-electron chi connectivity index (χ3n) is 2.61. The molecule has 0 amide bonds. The first-order valence-electron chi connectivity index (χ1n) is 5.15. The van der Waals surface area contributed by atoms with Crippen molar-refractivity contribution in [2.45, 2.75) is 18.5 Å². The van der Waals surface area contributed by atoms with E-state index in [1.165, 1.54) is 12.1 Å². The summed E-state index contributed by atoms with van der Waals surface area (Å²) in [6.45, 7) is 0. The van der Waals surface area contributed by atoms with E-state index >= 15 is 0 Å². The number of hydrazine groups is 3. The predicted molar refractivity (Wildman–Crippen MR) is 57.7 cm³/mol. The molecule has 1 atom stereocenters. The van der Waals surface area contributed by atoms with Crippen LogP contribution in [0.3, 0.4) is 0 Å². The predicted octanol–water partition coefficient (Wildman–Crippen LogP) is -0.173. The van der Waals surface area contributed by atoms with E-state index in [2.05, 4.69) is 21.9 Å². The van der Waals surface area contributed by atoms with E-state index in [1.54, 1.807) is 12.1 Å². The molecule has 1 aliphatic heterocycles. The van der Waals surface area contributed by atoms with Crippen molar-refractivity contribution >= 4 is 5.97 Å². The third-order valence-corrected chi connectivity index (χ3v) is 2.61. The number of carboxylic acids is 1. The summed E-state index contributed by atoms with van der Waals surface area (Å²) in [7, 11) is 0. The SMILES string of the molecule is O=C(O)CC(c1ccc(F)cc1)C1NNNN1. The van der Waals surface area contributed by atoms with Gasteiger partial charge in [0.15, 0.2) is 0 Å². The Balaban J connectivity index is 2.19. The Morgan fingerprint density at radius 2 is 1.88 bits per heavy atom. The van der Waals surface area contributed by atoms with E-state index in [0.29, 0.717) is 0 Å². The fourth-order valence-corrected chi connectivity index (χ4v) is 1.79. The minimum absolute atomic E-state index is 0.0559. The molecule has 1 aromatic carbocycles. The summed E-state index contributed by atoms with van der Waals surface area (Å²) in [4.78, 5) is 10.8. The second-order valence-electron chi connectivity index (χ2n) is 3.77. The maximum absolute atomic E-state index is 12.8. The van der Waals surface area contributed by atoms with Gasteiger partial charge in [-0.1, -0.05) is 12.1 Å². The Kier molecular flexibility index (Phi) is 3.64. The summed E-state index contributed by atoms with van der Waals surface area (Å²) in [6.07, 6.45) is -0.337. The van der Waals surface area contributed by atoms with Gasteiger partial charge in [0, 0.05) is 5.92 Å². The summed E-state index contributed by atoms with van der Waals surface area (Å²) in [5.41, 5.74) is 11.7. The molecule has 6 nitrogen and oxygen atoms in total. The molecule has 1 aliphatic rings. The van der Waals surface area contributed by atoms with Gasteiger partial charge in [-0.05, 0) is 17.7 Å². The molecule has 0 radical (unpaired) electrons. The first kappa shape index (κ1) is 11.9. The Labute approximate surface area is 97.1 Å². The fourth-order valence-electron chi connectivity index (χ4n) is 1.79. The van der Waals surface area contributed by atoms with Crippen molar-refractivity contribution in [3.05, 3.63) is 35.6 Å². The van der Waals surface area contributed by atoms with Crippen molar-refractivity contribution < 1.29 is 14.3 Å². The second kappa shape index (κ2) is 5.19. The van der Waals surface area contributed by atoms with E-state index in [0.717, 1.165) is 5.56 Å². The van der Waals surface area contributed by atoms with Crippen LogP contribution in [0.5, 0.6) is 0 Å². The zero-order chi connectivity index (χ0) is 12.3. The van der Waals surface area contributed by atoms with E-state index in [9.17, 15) is 9.18 Å². The van der Waals surface area contributed by atoms with Crippen LogP contribution >= 0.6 is 0 Å². The quantitative estimate of drug-likeness (QED) is 0.502. The number of carbonyl (C=O) groups is 1. The van der Waals surface area contributed by atoms with Gasteiger partial charge in [0.2, 0.25) is 0 Å². The number of hydrogen-bond acceptors (Lipinski definition) is 5. The minimum atomic E-state index is -0.908. The lowest BCUT2D eigenvalue weighted by atomic mass is 9.93. The summed E-state index contributed by atoms with van der Waals surface area (Å²) in [5, 5.41) is 8.89. The highest BCUT2D eigenvalue weighted by Gasteiger charge is 2.27. The van der Waals surface area contributed by atoms with Gasteiger partial charge in [-0.25, -0.2) is 15.2 Å². The van der Waals surface area contributed by atoms with Crippen molar-refractivity contribution in [1.29, 1.82) is 0 Å². The van der Waals surface area contributed by atoms with Crippen molar-refractivity contribution in [1.82, 2.24) is 21.9 Å². The summed E-state index contributed by atoms with van der Waals surface area (Å²) in [5.74, 6) is -1.56. The lowest BCUT2D eigenvalue weighted by Gasteiger charge is -2.21. The average Bonchev–Trinajstić information content (AvgIpc) is 2.80. The minimum Gasteiger partial charge on any atom is -0.481 e. The number of carboxylic acid groups (broad SMARTS) is 1. The molecular formula is C10H13FN4O2. The van der Waals surface area contributed by atoms with Gasteiger partial charge in [-0.15, -0.1) is 0 Å². The molecular weight excluding hydrogens is 227 g/mol. The Bertz CT molecular complexity index is 392. The van der Waals surface area contributed by atoms with E-state index < -0.39 is 5.97 Å². The summed E-state index contributed by atoms with van der Waals surface area (Å²) >= 11 is 0. The molecule has 0 spiro atoms. The van der Waals surface area contributed by atoms with E-state index in [1.807, 2.05) is 0 Å². The normalized spacial score (nSPS) is 18.2. The van der Waals surface area contributed by atoms with Crippen LogP contribution in [0.15, 0.2) is 24.3 Å². The lowest BCUT2D eigenvalue weighted by Crippen LogP contribution is -2.40. The van der Waals surface area contributed by atoms with E-state index in [4.69, 9.17) is 5.11 Å². The lowest BCUT2D eigenvalue weighted by molar-refractivity contribution is -0.137. The van der Waals surface area contributed by atoms with Gasteiger partial charge in [0.05, 0.1) is 12.6 Å². The van der Waals surface area contributed by atoms with Gasteiger partial charge >= 0.3 is 5.97 Å². The Hall–Kier alpha value is -1.54. The van der Waals surface area contributed by atoms with Gasteiger partial charge < -0.3 is 5.11 Å². The van der Waals surface area contributed by atoms with Gasteiger partial charge in [-0.3, -0.25) is 4.79 Å². The highest BCUT2D eigenvalue weighted by molar-refractivity contribution is 5.68. The topological polar surface area (TPSA) is 85.4 Å². The van der Waals surface area contributed by atoms with Crippen LogP contribution in [-0.4, -0.2) is 17.2 Å². The monoisotopic (exact) mass is 240 g/mol. The van der Waals surface area contributed by atoms with Gasteiger partial charge in [-0.2, -0.15) is 11.1 Å². The molecule has 1 unspecified atom stereocenters. The molecule has 1 heterocycles. The molecule has 1 saturated heterocycles. The number of nitrogens with one attached hydrogen (secondary N) is 4. The highest BCUT2D eigenvalue weighted by Crippen LogP contribution is 2.23. The van der Waals surface area contributed by atoms with Crippen LogP contribution in [0.4, 0.5) is 4.39 Å². The Morgan fingerprint density at radius 1 is 1.29 bits per heavy atom. The molecule has 17 heavy (non-hydrogen) atoms. The van der Waals surface area contributed by atoms with Crippen molar-refractivity contribution in [2.75, 3.05) is 0 Å². The molecule has 0 aromatic heterocycles.